The maximum absolute atomic E-state index is 5.12. The summed E-state index contributed by atoms with van der Waals surface area (Å²) in [4.78, 5) is 26.4. The van der Waals surface area contributed by atoms with Crippen molar-refractivity contribution in [1.29, 1.82) is 0 Å². The van der Waals surface area contributed by atoms with E-state index in [0.29, 0.717) is 0 Å². The van der Waals surface area contributed by atoms with Gasteiger partial charge in [0.1, 0.15) is 0 Å². The number of thiazole rings is 4. The van der Waals surface area contributed by atoms with Gasteiger partial charge in [0.15, 0.2) is 0 Å². The zero-order valence-corrected chi connectivity index (χ0v) is 35.2. The zero-order chi connectivity index (χ0) is 40.0. The van der Waals surface area contributed by atoms with Gasteiger partial charge < -0.3 is 4.90 Å². The molecule has 8 aromatic carbocycles. The predicted octanol–water partition coefficient (Wildman–Crippen LogP) is 15.5. The first kappa shape index (κ1) is 34.9. The fourth-order valence-corrected chi connectivity index (χ4v) is 11.9. The van der Waals surface area contributed by atoms with Crippen molar-refractivity contribution in [2.24, 2.45) is 0 Å². The van der Waals surface area contributed by atoms with Crippen LogP contribution in [0.15, 0.2) is 168 Å². The van der Waals surface area contributed by atoms with Gasteiger partial charge in [-0.05, 0) is 94.2 Å². The van der Waals surface area contributed by atoms with E-state index >= 15 is 0 Å². The number of aromatic nitrogens is 5. The van der Waals surface area contributed by atoms with Crippen molar-refractivity contribution in [3.63, 3.8) is 0 Å². The van der Waals surface area contributed by atoms with E-state index in [1.165, 1.54) is 5.39 Å². The van der Waals surface area contributed by atoms with Crippen LogP contribution >= 0.6 is 45.3 Å². The zero-order valence-electron chi connectivity index (χ0n) is 32.0. The van der Waals surface area contributed by atoms with Gasteiger partial charge in [-0.3, -0.25) is 0 Å². The Morgan fingerprint density at radius 1 is 0.361 bits per heavy atom. The molecule has 0 fully saturated rings. The smallest absolute Gasteiger partial charge is 0.0906 e. The maximum atomic E-state index is 5.12. The van der Waals surface area contributed by atoms with Crippen molar-refractivity contribution in [2.45, 2.75) is 0 Å². The van der Waals surface area contributed by atoms with Gasteiger partial charge in [-0.1, -0.05) is 78.9 Å². The van der Waals surface area contributed by atoms with Crippen LogP contribution in [0.25, 0.3) is 107 Å². The van der Waals surface area contributed by atoms with Crippen LogP contribution in [0, 0.1) is 0 Å². The number of rotatable bonds is 6. The average Bonchev–Trinajstić information content (AvgIpc) is 4.15. The number of para-hydroxylation sites is 2. The lowest BCUT2D eigenvalue weighted by atomic mass is 9.97. The van der Waals surface area contributed by atoms with Crippen molar-refractivity contribution in [2.75, 3.05) is 4.90 Å². The van der Waals surface area contributed by atoms with Crippen LogP contribution in [-0.4, -0.2) is 24.9 Å². The first-order valence-corrected chi connectivity index (χ1v) is 23.2. The second kappa shape index (κ2) is 13.8. The topological polar surface area (TPSA) is 67.7 Å². The van der Waals surface area contributed by atoms with Gasteiger partial charge in [0.2, 0.25) is 0 Å². The van der Waals surface area contributed by atoms with Gasteiger partial charge in [0.25, 0.3) is 0 Å². The summed E-state index contributed by atoms with van der Waals surface area (Å²) in [6.07, 6.45) is 0. The molecule has 10 heteroatoms. The molecular weight excluding hydrogens is 825 g/mol. The second-order valence-corrected chi connectivity index (χ2v) is 18.5. The molecule has 5 aromatic heterocycles. The predicted molar refractivity (Wildman–Crippen MR) is 260 cm³/mol. The molecule has 0 aliphatic heterocycles. The van der Waals surface area contributed by atoms with Gasteiger partial charge in [-0.15, -0.1) is 45.3 Å². The molecule has 0 radical (unpaired) electrons. The number of pyridine rings is 1. The highest BCUT2D eigenvalue weighted by atomic mass is 32.1. The highest BCUT2D eigenvalue weighted by Crippen LogP contribution is 2.44. The number of hydrogen-bond donors (Lipinski definition) is 0. The molecule has 0 atom stereocenters. The number of benzene rings is 8. The lowest BCUT2D eigenvalue weighted by molar-refractivity contribution is 1.29. The molecule has 0 unspecified atom stereocenters. The van der Waals surface area contributed by atoms with Crippen molar-refractivity contribution >= 4 is 136 Å². The number of hydrogen-bond acceptors (Lipinski definition) is 10. The quantitative estimate of drug-likeness (QED) is 0.155. The van der Waals surface area contributed by atoms with Crippen LogP contribution in [0.4, 0.5) is 17.1 Å². The Labute approximate surface area is 364 Å². The first-order chi connectivity index (χ1) is 30.2. The van der Waals surface area contributed by atoms with Crippen molar-refractivity contribution < 1.29 is 0 Å². The lowest BCUT2D eigenvalue weighted by Gasteiger charge is -2.26. The van der Waals surface area contributed by atoms with E-state index in [1.54, 1.807) is 45.3 Å². The normalized spacial score (nSPS) is 11.9. The Bertz CT molecular complexity index is 3590. The highest BCUT2D eigenvalue weighted by molar-refractivity contribution is 7.19. The van der Waals surface area contributed by atoms with Crippen LogP contribution in [0.5, 0.6) is 0 Å². The molecule has 13 rings (SSSR count). The van der Waals surface area contributed by atoms with Gasteiger partial charge in [-0.25, -0.2) is 24.9 Å². The molecule has 5 heterocycles. The minimum Gasteiger partial charge on any atom is -0.310 e. The molecule has 286 valence electrons. The Morgan fingerprint density at radius 2 is 0.918 bits per heavy atom. The summed E-state index contributed by atoms with van der Waals surface area (Å²) in [6, 6.07) is 52.6. The molecule has 0 saturated heterocycles. The second-order valence-electron chi connectivity index (χ2n) is 15.0. The molecule has 0 spiro atoms. The summed E-state index contributed by atoms with van der Waals surface area (Å²) in [5.74, 6) is 0. The summed E-state index contributed by atoms with van der Waals surface area (Å²) < 4.78 is 4.61. The summed E-state index contributed by atoms with van der Waals surface area (Å²) >= 11 is 6.64. The Balaban J connectivity index is 0.934. The maximum Gasteiger partial charge on any atom is 0.0906 e. The van der Waals surface area contributed by atoms with Crippen LogP contribution < -0.4 is 4.90 Å². The molecule has 0 bridgehead atoms. The number of nitrogens with zero attached hydrogens (tertiary/aromatic N) is 6. The molecule has 61 heavy (non-hydrogen) atoms. The highest BCUT2D eigenvalue weighted by Gasteiger charge is 2.19. The standard InChI is InChI=1S/C51H28N6S4/c1-2-7-40-34(4-1)21-35-5-3-6-39(47(35)56-40)33-9-8-32-22-38(19-14-31(32)20-33)57(36-15-10-29(11-16-36)45-48-43(58-27-54-48)23-41-50(45)60-25-52-41)37-17-12-30(13-18-37)46-49-44(59-28-55-49)24-42-51(46)61-26-53-42/h1-28H. The van der Waals surface area contributed by atoms with Crippen molar-refractivity contribution in [3.8, 4) is 33.4 Å². The van der Waals surface area contributed by atoms with E-state index in [-0.39, 0.29) is 0 Å². The number of fused-ring (bicyclic) bond motifs is 7. The molecule has 0 saturated carbocycles. The Morgan fingerprint density at radius 3 is 1.59 bits per heavy atom. The van der Waals surface area contributed by atoms with Gasteiger partial charge >= 0.3 is 0 Å². The Hall–Kier alpha value is -6.95. The minimum atomic E-state index is 1.00. The summed E-state index contributed by atoms with van der Waals surface area (Å²) in [5.41, 5.74) is 23.8. The van der Waals surface area contributed by atoms with Crippen LogP contribution in [0.1, 0.15) is 0 Å². The third-order valence-electron chi connectivity index (χ3n) is 11.6. The lowest BCUT2D eigenvalue weighted by Crippen LogP contribution is -2.09. The fraction of sp³-hybridized carbons (Fsp3) is 0. The van der Waals surface area contributed by atoms with E-state index in [4.69, 9.17) is 15.0 Å². The van der Waals surface area contributed by atoms with Crippen molar-refractivity contribution in [3.05, 3.63) is 168 Å². The van der Waals surface area contributed by atoms with Crippen LogP contribution in [0.2, 0.25) is 0 Å². The molecule has 6 nitrogen and oxygen atoms in total. The van der Waals surface area contributed by atoms with Gasteiger partial charge in [0, 0.05) is 44.5 Å². The molecular formula is C51H28N6S4. The van der Waals surface area contributed by atoms with Crippen LogP contribution in [0.3, 0.4) is 0 Å². The van der Waals surface area contributed by atoms with Crippen molar-refractivity contribution in [1.82, 2.24) is 24.9 Å². The molecule has 0 aliphatic rings. The van der Waals surface area contributed by atoms with E-state index in [2.05, 4.69) is 160 Å². The average molecular weight is 853 g/mol. The minimum absolute atomic E-state index is 1.00. The van der Waals surface area contributed by atoms with E-state index < -0.39 is 0 Å². The monoisotopic (exact) mass is 852 g/mol. The third-order valence-corrected chi connectivity index (χ3v) is 14.9. The van der Waals surface area contributed by atoms with E-state index in [9.17, 15) is 0 Å². The molecule has 0 amide bonds. The van der Waals surface area contributed by atoms with E-state index in [0.717, 1.165) is 119 Å². The summed E-state index contributed by atoms with van der Waals surface area (Å²) in [6.45, 7) is 0. The molecule has 0 N–H and O–H groups in total. The summed E-state index contributed by atoms with van der Waals surface area (Å²) in [5, 5.41) is 4.61. The van der Waals surface area contributed by atoms with E-state index in [1.807, 2.05) is 22.0 Å². The molecule has 13 aromatic rings. The van der Waals surface area contributed by atoms with Crippen LogP contribution in [-0.2, 0) is 0 Å². The largest absolute Gasteiger partial charge is 0.310 e. The number of anilines is 3. The van der Waals surface area contributed by atoms with Gasteiger partial charge in [-0.2, -0.15) is 0 Å². The fourth-order valence-electron chi connectivity index (χ4n) is 8.76. The van der Waals surface area contributed by atoms with Gasteiger partial charge in [0.05, 0.1) is 73.9 Å². The first-order valence-electron chi connectivity index (χ1n) is 19.7. The summed E-state index contributed by atoms with van der Waals surface area (Å²) in [7, 11) is 0. The molecule has 0 aliphatic carbocycles. The Kier molecular flexibility index (Phi) is 7.89. The SMILES string of the molecule is c1ccc2nc3c(-c4ccc5cc(N(c6ccc(-c7c8ncsc8cc8ncsc78)cc6)c6ccc(-c7c8ncsc8cc8ncsc78)cc6)ccc5c4)cccc3cc2c1. The third kappa shape index (κ3) is 5.68.